The normalized spacial score (nSPS) is 10.5. The van der Waals surface area contributed by atoms with Gasteiger partial charge in [0.2, 0.25) is 0 Å². The molecule has 0 saturated heterocycles. The summed E-state index contributed by atoms with van der Waals surface area (Å²) in [5, 5.41) is 1.86. The summed E-state index contributed by atoms with van der Waals surface area (Å²) in [6.45, 7) is 0. The Morgan fingerprint density at radius 1 is 0.789 bits per heavy atom. The van der Waals surface area contributed by atoms with Crippen molar-refractivity contribution in [2.45, 2.75) is 12.8 Å². The molecular formula is C15H11Cl3S. The van der Waals surface area contributed by atoms with E-state index in [9.17, 15) is 0 Å². The lowest BCUT2D eigenvalue weighted by Gasteiger charge is -2.06. The van der Waals surface area contributed by atoms with E-state index in [4.69, 9.17) is 47.0 Å². The Morgan fingerprint density at radius 3 is 2.00 bits per heavy atom. The lowest BCUT2D eigenvalue weighted by Crippen LogP contribution is -2.04. The van der Waals surface area contributed by atoms with Crippen LogP contribution in [0.3, 0.4) is 0 Å². The van der Waals surface area contributed by atoms with Crippen LogP contribution in [0, 0.1) is 0 Å². The van der Waals surface area contributed by atoms with Crippen molar-refractivity contribution >= 4 is 51.9 Å². The molecule has 0 aromatic heterocycles. The molecule has 0 nitrogen and oxygen atoms in total. The van der Waals surface area contributed by atoms with Crippen molar-refractivity contribution in [1.82, 2.24) is 0 Å². The fourth-order valence-electron chi connectivity index (χ4n) is 1.77. The van der Waals surface area contributed by atoms with Crippen LogP contribution in [0.25, 0.3) is 0 Å². The SMILES string of the molecule is S=C(Cc1ccc(Cl)cc1)Cc1ccc(Cl)c(Cl)c1. The average Bonchev–Trinajstić information content (AvgIpc) is 2.37. The molecule has 2 aromatic carbocycles. The molecule has 0 saturated carbocycles. The van der Waals surface area contributed by atoms with Gasteiger partial charge in [-0.05, 0) is 35.4 Å². The highest BCUT2D eigenvalue weighted by atomic mass is 35.5. The Morgan fingerprint density at radius 2 is 1.37 bits per heavy atom. The van der Waals surface area contributed by atoms with Crippen LogP contribution >= 0.6 is 47.0 Å². The monoisotopic (exact) mass is 328 g/mol. The summed E-state index contributed by atoms with van der Waals surface area (Å²) in [4.78, 5) is 0.959. The first kappa shape index (κ1) is 14.8. The Bertz CT molecular complexity index is 591. The fraction of sp³-hybridized carbons (Fsp3) is 0.133. The van der Waals surface area contributed by atoms with E-state index in [1.54, 1.807) is 6.07 Å². The summed E-state index contributed by atoms with van der Waals surface area (Å²) < 4.78 is 0. The predicted octanol–water partition coefficient (Wildman–Crippen LogP) is 5.80. The zero-order valence-electron chi connectivity index (χ0n) is 10.00. The van der Waals surface area contributed by atoms with Crippen LogP contribution in [0.15, 0.2) is 42.5 Å². The maximum Gasteiger partial charge on any atom is 0.0595 e. The van der Waals surface area contributed by atoms with Gasteiger partial charge in [0.1, 0.15) is 0 Å². The molecule has 0 aliphatic rings. The van der Waals surface area contributed by atoms with Crippen molar-refractivity contribution < 1.29 is 0 Å². The molecule has 0 radical (unpaired) electrons. The van der Waals surface area contributed by atoms with Crippen LogP contribution in [-0.4, -0.2) is 4.86 Å². The van der Waals surface area contributed by atoms with E-state index in [0.717, 1.165) is 33.9 Å². The van der Waals surface area contributed by atoms with Gasteiger partial charge < -0.3 is 0 Å². The smallest absolute Gasteiger partial charge is 0.0595 e. The minimum Gasteiger partial charge on any atom is -0.0890 e. The van der Waals surface area contributed by atoms with E-state index in [-0.39, 0.29) is 0 Å². The highest BCUT2D eigenvalue weighted by molar-refractivity contribution is 7.80. The fourth-order valence-corrected chi connectivity index (χ4v) is 2.55. The third-order valence-corrected chi connectivity index (χ3v) is 3.98. The molecule has 0 aliphatic carbocycles. The van der Waals surface area contributed by atoms with Crippen molar-refractivity contribution in [2.24, 2.45) is 0 Å². The molecule has 4 heteroatoms. The first-order valence-corrected chi connectivity index (χ1v) is 7.29. The number of halogens is 3. The summed E-state index contributed by atoms with van der Waals surface area (Å²) in [6.07, 6.45) is 1.47. The quantitative estimate of drug-likeness (QED) is 0.639. The Kier molecular flexibility index (Phi) is 5.23. The highest BCUT2D eigenvalue weighted by Crippen LogP contribution is 2.23. The van der Waals surface area contributed by atoms with Crippen molar-refractivity contribution in [3.8, 4) is 0 Å². The standard InChI is InChI=1S/C15H11Cl3S/c16-12-4-1-10(2-5-12)7-13(19)8-11-3-6-14(17)15(18)9-11/h1-6,9H,7-8H2. The third-order valence-electron chi connectivity index (χ3n) is 2.70. The molecule has 0 amide bonds. The number of hydrogen-bond donors (Lipinski definition) is 0. The topological polar surface area (TPSA) is 0 Å². The Labute approximate surface area is 133 Å². The second-order valence-corrected chi connectivity index (χ2v) is 6.10. The largest absolute Gasteiger partial charge is 0.0890 e. The zero-order valence-corrected chi connectivity index (χ0v) is 13.1. The predicted molar refractivity (Wildman–Crippen MR) is 87.9 cm³/mol. The molecule has 0 fully saturated rings. The number of hydrogen-bond acceptors (Lipinski definition) is 1. The van der Waals surface area contributed by atoms with Gasteiger partial charge in [0.05, 0.1) is 10.0 Å². The molecule has 98 valence electrons. The summed E-state index contributed by atoms with van der Waals surface area (Å²) in [5.41, 5.74) is 2.24. The molecule has 0 heterocycles. The summed E-state index contributed by atoms with van der Waals surface area (Å²) in [6, 6.07) is 13.3. The molecule has 0 bridgehead atoms. The Balaban J connectivity index is 2.01. The van der Waals surface area contributed by atoms with E-state index < -0.39 is 0 Å². The summed E-state index contributed by atoms with van der Waals surface area (Å²) in [5.74, 6) is 0. The van der Waals surface area contributed by atoms with Gasteiger partial charge in [-0.15, -0.1) is 0 Å². The number of rotatable bonds is 4. The van der Waals surface area contributed by atoms with Gasteiger partial charge in [0, 0.05) is 22.7 Å². The van der Waals surface area contributed by atoms with Gasteiger partial charge >= 0.3 is 0 Å². The average molecular weight is 330 g/mol. The molecule has 0 unspecified atom stereocenters. The minimum absolute atomic E-state index is 0.563. The van der Waals surface area contributed by atoms with E-state index in [0.29, 0.717) is 10.0 Å². The lowest BCUT2D eigenvalue weighted by atomic mass is 10.0. The molecule has 2 aromatic rings. The second kappa shape index (κ2) is 6.71. The van der Waals surface area contributed by atoms with Crippen LogP contribution in [0.4, 0.5) is 0 Å². The molecular weight excluding hydrogens is 319 g/mol. The molecule has 2 rings (SSSR count). The summed E-state index contributed by atoms with van der Waals surface area (Å²) >= 11 is 23.1. The van der Waals surface area contributed by atoms with E-state index in [1.807, 2.05) is 36.4 Å². The van der Waals surface area contributed by atoms with E-state index >= 15 is 0 Å². The summed E-state index contributed by atoms with van der Waals surface area (Å²) in [7, 11) is 0. The van der Waals surface area contributed by atoms with Gasteiger partial charge in [-0.2, -0.15) is 0 Å². The minimum atomic E-state index is 0.563. The van der Waals surface area contributed by atoms with Gasteiger partial charge in [-0.3, -0.25) is 0 Å². The van der Waals surface area contributed by atoms with Crippen molar-refractivity contribution in [1.29, 1.82) is 0 Å². The van der Waals surface area contributed by atoms with Gasteiger partial charge in [0.25, 0.3) is 0 Å². The lowest BCUT2D eigenvalue weighted by molar-refractivity contribution is 1.25. The van der Waals surface area contributed by atoms with E-state index in [2.05, 4.69) is 0 Å². The van der Waals surface area contributed by atoms with Gasteiger partial charge in [-0.1, -0.05) is 65.2 Å². The highest BCUT2D eigenvalue weighted by Gasteiger charge is 2.04. The number of thiocarbonyl (C=S) groups is 1. The van der Waals surface area contributed by atoms with Crippen LogP contribution in [0.1, 0.15) is 11.1 Å². The molecule has 0 aliphatic heterocycles. The van der Waals surface area contributed by atoms with Crippen molar-refractivity contribution in [3.63, 3.8) is 0 Å². The van der Waals surface area contributed by atoms with E-state index in [1.165, 1.54) is 0 Å². The zero-order chi connectivity index (χ0) is 13.8. The number of benzene rings is 2. The van der Waals surface area contributed by atoms with Crippen LogP contribution in [0.2, 0.25) is 15.1 Å². The maximum atomic E-state index is 5.99. The molecule has 0 atom stereocenters. The van der Waals surface area contributed by atoms with Gasteiger partial charge in [0.15, 0.2) is 0 Å². The van der Waals surface area contributed by atoms with Crippen LogP contribution in [0.5, 0.6) is 0 Å². The first-order valence-electron chi connectivity index (χ1n) is 5.74. The third kappa shape index (κ3) is 4.47. The van der Waals surface area contributed by atoms with Crippen molar-refractivity contribution in [3.05, 3.63) is 68.7 Å². The molecule has 0 N–H and O–H groups in total. The molecule has 19 heavy (non-hydrogen) atoms. The van der Waals surface area contributed by atoms with Crippen molar-refractivity contribution in [2.75, 3.05) is 0 Å². The maximum absolute atomic E-state index is 5.99. The Hall–Kier alpha value is -0.600. The molecule has 0 spiro atoms. The van der Waals surface area contributed by atoms with Crippen LogP contribution < -0.4 is 0 Å². The second-order valence-electron chi connectivity index (χ2n) is 4.27. The van der Waals surface area contributed by atoms with Gasteiger partial charge in [-0.25, -0.2) is 0 Å². The van der Waals surface area contributed by atoms with Crippen LogP contribution in [-0.2, 0) is 12.8 Å². The first-order chi connectivity index (χ1) is 9.04.